The molecule has 0 aliphatic carbocycles. The molecule has 0 radical (unpaired) electrons. The van der Waals surface area contributed by atoms with Gasteiger partial charge in [0.25, 0.3) is 5.91 Å². The van der Waals surface area contributed by atoms with Crippen molar-refractivity contribution in [3.05, 3.63) is 72.3 Å². The average molecular weight is 335 g/mol. The number of para-hydroxylation sites is 2. The fourth-order valence-electron chi connectivity index (χ4n) is 2.74. The molecule has 24 heavy (non-hydrogen) atoms. The molecule has 1 aliphatic heterocycles. The lowest BCUT2D eigenvalue weighted by atomic mass is 10.1. The molecule has 0 saturated carbocycles. The van der Waals surface area contributed by atoms with Crippen LogP contribution in [0.15, 0.2) is 76.5 Å². The Kier molecular flexibility index (Phi) is 3.43. The number of anilines is 2. The lowest BCUT2D eigenvalue weighted by molar-refractivity contribution is 0.0995. The summed E-state index contributed by atoms with van der Waals surface area (Å²) in [6.45, 7) is 0. The van der Waals surface area contributed by atoms with Gasteiger partial charge in [0, 0.05) is 15.9 Å². The van der Waals surface area contributed by atoms with Gasteiger partial charge in [0.15, 0.2) is 0 Å². The first-order valence-corrected chi connectivity index (χ1v) is 8.19. The van der Waals surface area contributed by atoms with Gasteiger partial charge in [-0.3, -0.25) is 9.69 Å². The van der Waals surface area contributed by atoms with Gasteiger partial charge in [0.05, 0.1) is 16.9 Å². The molecule has 0 saturated heterocycles. The second-order valence-electron chi connectivity index (χ2n) is 5.38. The highest BCUT2D eigenvalue weighted by Gasteiger charge is 2.29. The number of rotatable bonds is 1. The first-order valence-electron chi connectivity index (χ1n) is 7.37. The molecule has 0 atom stereocenters. The van der Waals surface area contributed by atoms with Crippen LogP contribution in [-0.4, -0.2) is 16.1 Å². The van der Waals surface area contributed by atoms with E-state index in [-0.39, 0.29) is 23.0 Å². The van der Waals surface area contributed by atoms with Crippen molar-refractivity contribution in [2.45, 2.75) is 9.79 Å². The minimum absolute atomic E-state index is 0.0842. The first-order chi connectivity index (χ1) is 11.6. The number of carbonyl (C=O) groups is 1. The van der Waals surface area contributed by atoms with E-state index in [9.17, 15) is 15.0 Å². The van der Waals surface area contributed by atoms with Gasteiger partial charge in [0.2, 0.25) is 0 Å². The highest BCUT2D eigenvalue weighted by molar-refractivity contribution is 7.99. The number of amides is 1. The lowest BCUT2D eigenvalue weighted by Gasteiger charge is -2.31. The average Bonchev–Trinajstić information content (AvgIpc) is 2.59. The molecule has 0 fully saturated rings. The molecule has 3 aromatic rings. The van der Waals surface area contributed by atoms with Crippen LogP contribution in [-0.2, 0) is 0 Å². The van der Waals surface area contributed by atoms with Crippen LogP contribution < -0.4 is 4.90 Å². The van der Waals surface area contributed by atoms with Crippen LogP contribution >= 0.6 is 11.8 Å². The Balaban J connectivity index is 1.89. The van der Waals surface area contributed by atoms with Gasteiger partial charge in [-0.15, -0.1) is 0 Å². The number of nitrogens with zero attached hydrogens (tertiary/aromatic N) is 1. The second-order valence-corrected chi connectivity index (χ2v) is 6.46. The van der Waals surface area contributed by atoms with Gasteiger partial charge in [-0.25, -0.2) is 0 Å². The molecule has 4 rings (SSSR count). The molecule has 0 aromatic heterocycles. The van der Waals surface area contributed by atoms with Crippen LogP contribution in [0, 0.1) is 0 Å². The summed E-state index contributed by atoms with van der Waals surface area (Å²) in [6, 6.07) is 19.3. The number of carbonyl (C=O) groups excluding carboxylic acids is 1. The largest absolute Gasteiger partial charge is 0.508 e. The Labute approximate surface area is 143 Å². The number of hydrogen-bond donors (Lipinski definition) is 2. The molecular formula is C19H13NO3S. The number of fused-ring (bicyclic) bond motifs is 2. The van der Waals surface area contributed by atoms with Crippen molar-refractivity contribution < 1.29 is 15.0 Å². The van der Waals surface area contributed by atoms with Crippen LogP contribution in [0.4, 0.5) is 11.4 Å². The Hall–Kier alpha value is -2.92. The Morgan fingerprint density at radius 1 is 0.833 bits per heavy atom. The number of aromatic hydroxyl groups is 2. The third kappa shape index (κ3) is 2.30. The van der Waals surface area contributed by atoms with E-state index in [1.54, 1.807) is 16.7 Å². The van der Waals surface area contributed by atoms with Gasteiger partial charge < -0.3 is 10.2 Å². The number of phenolic OH excluding ortho intramolecular Hbond substituents is 2. The molecule has 118 valence electrons. The van der Waals surface area contributed by atoms with E-state index in [0.717, 1.165) is 21.2 Å². The van der Waals surface area contributed by atoms with Crippen molar-refractivity contribution in [1.82, 2.24) is 0 Å². The lowest BCUT2D eigenvalue weighted by Crippen LogP contribution is -2.28. The van der Waals surface area contributed by atoms with Crippen LogP contribution in [0.25, 0.3) is 0 Å². The molecular weight excluding hydrogens is 322 g/mol. The van der Waals surface area contributed by atoms with Crippen molar-refractivity contribution >= 4 is 29.0 Å². The minimum atomic E-state index is -0.340. The van der Waals surface area contributed by atoms with E-state index in [0.29, 0.717) is 0 Å². The first kappa shape index (κ1) is 14.7. The SMILES string of the molecule is O=C(c1ccc(O)cc1O)N1c2ccccc2Sc2ccccc21. The van der Waals surface area contributed by atoms with E-state index in [1.807, 2.05) is 48.5 Å². The quantitative estimate of drug-likeness (QED) is 0.685. The third-order valence-corrected chi connectivity index (χ3v) is 4.98. The zero-order valence-corrected chi connectivity index (χ0v) is 13.3. The highest BCUT2D eigenvalue weighted by atomic mass is 32.2. The summed E-state index contributed by atoms with van der Waals surface area (Å²) in [6.07, 6.45) is 0. The van der Waals surface area contributed by atoms with Crippen LogP contribution in [0.5, 0.6) is 11.5 Å². The molecule has 1 aliphatic rings. The van der Waals surface area contributed by atoms with Gasteiger partial charge in [0.1, 0.15) is 11.5 Å². The van der Waals surface area contributed by atoms with E-state index >= 15 is 0 Å². The zero-order chi connectivity index (χ0) is 16.7. The van der Waals surface area contributed by atoms with Crippen LogP contribution in [0.3, 0.4) is 0 Å². The van der Waals surface area contributed by atoms with E-state index in [1.165, 1.54) is 18.2 Å². The summed E-state index contributed by atoms with van der Waals surface area (Å²) in [5, 5.41) is 19.5. The molecule has 0 spiro atoms. The van der Waals surface area contributed by atoms with Gasteiger partial charge in [-0.05, 0) is 36.4 Å². The summed E-state index contributed by atoms with van der Waals surface area (Å²) in [5.74, 6) is -0.667. The normalized spacial score (nSPS) is 12.4. The molecule has 1 amide bonds. The molecule has 4 nitrogen and oxygen atoms in total. The van der Waals surface area contributed by atoms with Crippen molar-refractivity contribution in [3.8, 4) is 11.5 Å². The molecule has 2 N–H and O–H groups in total. The fourth-order valence-corrected chi connectivity index (χ4v) is 3.80. The molecule has 1 heterocycles. The van der Waals surface area contributed by atoms with Gasteiger partial charge in [-0.2, -0.15) is 0 Å². The summed E-state index contributed by atoms with van der Waals surface area (Å²) in [5.41, 5.74) is 1.70. The van der Waals surface area contributed by atoms with Gasteiger partial charge in [-0.1, -0.05) is 36.0 Å². The summed E-state index contributed by atoms with van der Waals surface area (Å²) < 4.78 is 0. The predicted molar refractivity (Wildman–Crippen MR) is 93.2 cm³/mol. The van der Waals surface area contributed by atoms with Crippen molar-refractivity contribution in [1.29, 1.82) is 0 Å². The summed E-state index contributed by atoms with van der Waals surface area (Å²) >= 11 is 1.61. The standard InChI is InChI=1S/C19H13NO3S/c21-12-9-10-13(16(22)11-12)19(23)20-14-5-1-3-7-17(14)24-18-8-4-2-6-15(18)20/h1-11,21-22H. The van der Waals surface area contributed by atoms with E-state index in [2.05, 4.69) is 0 Å². The number of benzene rings is 3. The maximum absolute atomic E-state index is 13.1. The monoisotopic (exact) mass is 335 g/mol. The van der Waals surface area contributed by atoms with Crippen molar-refractivity contribution in [2.75, 3.05) is 4.90 Å². The van der Waals surface area contributed by atoms with E-state index < -0.39 is 0 Å². The molecule has 0 bridgehead atoms. The van der Waals surface area contributed by atoms with Gasteiger partial charge >= 0.3 is 0 Å². The topological polar surface area (TPSA) is 60.8 Å². The maximum atomic E-state index is 13.1. The highest BCUT2D eigenvalue weighted by Crippen LogP contribution is 2.48. The minimum Gasteiger partial charge on any atom is -0.508 e. The fraction of sp³-hybridized carbons (Fsp3) is 0. The second kappa shape index (κ2) is 5.62. The Morgan fingerprint density at radius 3 is 2.00 bits per heavy atom. The molecule has 0 unspecified atom stereocenters. The Morgan fingerprint density at radius 2 is 1.42 bits per heavy atom. The summed E-state index contributed by atoms with van der Waals surface area (Å²) in [4.78, 5) is 16.7. The number of phenols is 2. The summed E-state index contributed by atoms with van der Waals surface area (Å²) in [7, 11) is 0. The Bertz CT molecular complexity index is 909. The third-order valence-electron chi connectivity index (χ3n) is 3.85. The van der Waals surface area contributed by atoms with E-state index in [4.69, 9.17) is 0 Å². The molecule has 5 heteroatoms. The van der Waals surface area contributed by atoms with Crippen molar-refractivity contribution in [3.63, 3.8) is 0 Å². The van der Waals surface area contributed by atoms with Crippen LogP contribution in [0.2, 0.25) is 0 Å². The predicted octanol–water partition coefficient (Wildman–Crippen LogP) is 4.54. The molecule has 3 aromatic carbocycles. The zero-order valence-electron chi connectivity index (χ0n) is 12.5. The maximum Gasteiger partial charge on any atom is 0.266 e. The van der Waals surface area contributed by atoms with Crippen LogP contribution in [0.1, 0.15) is 10.4 Å². The van der Waals surface area contributed by atoms with Crippen molar-refractivity contribution in [2.24, 2.45) is 0 Å². The number of hydrogen-bond acceptors (Lipinski definition) is 4. The smallest absolute Gasteiger partial charge is 0.266 e.